The Balaban J connectivity index is 1.66. The van der Waals surface area contributed by atoms with Crippen LogP contribution in [0.4, 0.5) is 10.6 Å². The van der Waals surface area contributed by atoms with Gasteiger partial charge in [0.2, 0.25) is 5.91 Å². The molecule has 0 aliphatic carbocycles. The molecule has 11 heteroatoms. The lowest BCUT2D eigenvalue weighted by Gasteiger charge is -2.31. The summed E-state index contributed by atoms with van der Waals surface area (Å²) >= 11 is 12.3. The van der Waals surface area contributed by atoms with Crippen molar-refractivity contribution in [3.05, 3.63) is 70.3 Å². The van der Waals surface area contributed by atoms with Crippen LogP contribution in [0, 0.1) is 0 Å². The van der Waals surface area contributed by atoms with Gasteiger partial charge < -0.3 is 9.84 Å². The van der Waals surface area contributed by atoms with Crippen molar-refractivity contribution in [2.75, 3.05) is 11.9 Å². The van der Waals surface area contributed by atoms with Crippen LogP contribution in [0.2, 0.25) is 10.0 Å². The first-order chi connectivity index (χ1) is 17.2. The maximum Gasteiger partial charge on any atom is 0.412 e. The van der Waals surface area contributed by atoms with Crippen LogP contribution in [0.25, 0.3) is 10.8 Å². The van der Waals surface area contributed by atoms with Gasteiger partial charge in [-0.3, -0.25) is 19.9 Å². The minimum atomic E-state index is -0.956. The van der Waals surface area contributed by atoms with Gasteiger partial charge in [-0.05, 0) is 35.9 Å². The zero-order valence-electron chi connectivity index (χ0n) is 19.5. The van der Waals surface area contributed by atoms with E-state index in [2.05, 4.69) is 15.7 Å². The number of hydrazine groups is 1. The summed E-state index contributed by atoms with van der Waals surface area (Å²) in [6.07, 6.45) is 1.37. The number of hydrogen-bond acceptors (Lipinski definition) is 6. The molecule has 0 saturated heterocycles. The second-order valence-electron chi connectivity index (χ2n) is 8.02. The fraction of sp³-hybridized carbons (Fsp3) is 0.280. The number of hydrogen-bond donors (Lipinski definition) is 3. The number of amides is 2. The molecule has 3 aromatic rings. The van der Waals surface area contributed by atoms with Crippen LogP contribution in [-0.4, -0.2) is 45.7 Å². The van der Waals surface area contributed by atoms with E-state index >= 15 is 0 Å². The summed E-state index contributed by atoms with van der Waals surface area (Å²) in [6, 6.07) is 13.8. The monoisotopic (exact) mass is 532 g/mol. The predicted octanol–water partition coefficient (Wildman–Crippen LogP) is 5.27. The number of carbonyl (C=O) groups excluding carboxylic acids is 2. The smallest absolute Gasteiger partial charge is 0.412 e. The van der Waals surface area contributed by atoms with Crippen molar-refractivity contribution in [3.63, 3.8) is 0 Å². The number of carboxylic acid groups (broad SMARTS) is 1. The zero-order chi connectivity index (χ0) is 26.1. The number of fused-ring (bicyclic) bond motifs is 1. The molecule has 1 atom stereocenters. The van der Waals surface area contributed by atoms with Gasteiger partial charge in [0.25, 0.3) is 0 Å². The molecule has 0 bridgehead atoms. The molecular weight excluding hydrogens is 507 g/mol. The van der Waals surface area contributed by atoms with Crippen molar-refractivity contribution in [3.8, 4) is 0 Å². The number of aliphatic carboxylic acids is 1. The molecule has 1 aromatic heterocycles. The number of ether oxygens (including phenoxy) is 1. The van der Waals surface area contributed by atoms with E-state index < -0.39 is 18.1 Å². The topological polar surface area (TPSA) is 121 Å². The summed E-state index contributed by atoms with van der Waals surface area (Å²) in [4.78, 5) is 40.1. The maximum absolute atomic E-state index is 12.5. The number of carboxylic acids is 1. The first-order valence-corrected chi connectivity index (χ1v) is 12.0. The minimum absolute atomic E-state index is 0.0877. The lowest BCUT2D eigenvalue weighted by atomic mass is 10.1. The van der Waals surface area contributed by atoms with Gasteiger partial charge >= 0.3 is 12.1 Å². The van der Waals surface area contributed by atoms with Gasteiger partial charge in [-0.2, -0.15) is 0 Å². The van der Waals surface area contributed by atoms with E-state index in [4.69, 9.17) is 33.0 Å². The molecule has 2 amide bonds. The van der Waals surface area contributed by atoms with Crippen LogP contribution in [0.5, 0.6) is 0 Å². The Morgan fingerprint density at radius 3 is 2.58 bits per heavy atom. The molecule has 0 unspecified atom stereocenters. The standard InChI is InChI=1S/C25H26Cl2N4O5/c1-16(32)31(29-14-19-8-4-10-21(26)24(19)27)20(9-5-11-23(33)34)15-36-25(35)30-22-12-17-6-2-3-7-18(17)13-28-22/h2-4,6-8,10,12-13,20,29H,5,9,11,14-15H2,1H3,(H,33,34)(H,28,30,35)/t20-/m0/s1. The highest BCUT2D eigenvalue weighted by Crippen LogP contribution is 2.25. The van der Waals surface area contributed by atoms with E-state index in [1.54, 1.807) is 30.5 Å². The molecule has 3 N–H and O–H groups in total. The Morgan fingerprint density at radius 2 is 1.86 bits per heavy atom. The molecule has 0 fully saturated rings. The van der Waals surface area contributed by atoms with E-state index in [1.165, 1.54) is 11.9 Å². The number of carbonyl (C=O) groups is 3. The molecule has 9 nitrogen and oxygen atoms in total. The van der Waals surface area contributed by atoms with Gasteiger partial charge in [0.15, 0.2) is 0 Å². The molecule has 0 saturated carbocycles. The quantitative estimate of drug-likeness (QED) is 0.287. The van der Waals surface area contributed by atoms with Crippen molar-refractivity contribution in [1.82, 2.24) is 15.4 Å². The Morgan fingerprint density at radius 1 is 1.11 bits per heavy atom. The van der Waals surface area contributed by atoms with Crippen LogP contribution in [0.1, 0.15) is 31.7 Å². The van der Waals surface area contributed by atoms with Crippen LogP contribution in [-0.2, 0) is 20.9 Å². The van der Waals surface area contributed by atoms with Crippen molar-refractivity contribution in [2.24, 2.45) is 0 Å². The van der Waals surface area contributed by atoms with Crippen molar-refractivity contribution >= 4 is 57.8 Å². The van der Waals surface area contributed by atoms with Crippen LogP contribution in [0.3, 0.4) is 0 Å². The lowest BCUT2D eigenvalue weighted by molar-refractivity contribution is -0.137. The van der Waals surface area contributed by atoms with E-state index in [-0.39, 0.29) is 38.3 Å². The number of anilines is 1. The summed E-state index contributed by atoms with van der Waals surface area (Å²) in [6.45, 7) is 1.37. The molecule has 0 spiro atoms. The number of rotatable bonds is 11. The summed E-state index contributed by atoms with van der Waals surface area (Å²) in [7, 11) is 0. The predicted molar refractivity (Wildman–Crippen MR) is 138 cm³/mol. The third-order valence-electron chi connectivity index (χ3n) is 5.37. The van der Waals surface area contributed by atoms with Crippen molar-refractivity contribution in [2.45, 2.75) is 38.8 Å². The van der Waals surface area contributed by atoms with Gasteiger partial charge in [0, 0.05) is 31.5 Å². The zero-order valence-corrected chi connectivity index (χ0v) is 21.1. The fourth-order valence-electron chi connectivity index (χ4n) is 3.59. The summed E-state index contributed by atoms with van der Waals surface area (Å²) in [5.41, 5.74) is 3.67. The number of nitrogens with one attached hydrogen (secondary N) is 2. The second kappa shape index (κ2) is 13.1. The van der Waals surface area contributed by atoms with Crippen molar-refractivity contribution < 1.29 is 24.2 Å². The fourth-order valence-corrected chi connectivity index (χ4v) is 3.98. The van der Waals surface area contributed by atoms with Gasteiger partial charge in [-0.1, -0.05) is 59.6 Å². The number of nitrogens with zero attached hydrogens (tertiary/aromatic N) is 2. The van der Waals surface area contributed by atoms with Gasteiger partial charge in [-0.15, -0.1) is 0 Å². The SMILES string of the molecule is CC(=O)N(NCc1cccc(Cl)c1Cl)[C@@H](CCCC(=O)O)COC(=O)Nc1cc2ccccc2cn1. The molecule has 2 aromatic carbocycles. The number of benzene rings is 2. The Kier molecular flexibility index (Phi) is 9.86. The normalized spacial score (nSPS) is 11.6. The van der Waals surface area contributed by atoms with E-state index in [0.29, 0.717) is 21.4 Å². The van der Waals surface area contributed by atoms with Crippen LogP contribution >= 0.6 is 23.2 Å². The van der Waals surface area contributed by atoms with Crippen LogP contribution in [0.15, 0.2) is 54.7 Å². The van der Waals surface area contributed by atoms with Gasteiger partial charge in [-0.25, -0.2) is 15.2 Å². The molecule has 1 heterocycles. The minimum Gasteiger partial charge on any atom is -0.481 e. The Hall–Kier alpha value is -3.40. The van der Waals surface area contributed by atoms with Gasteiger partial charge in [0.1, 0.15) is 12.4 Å². The first-order valence-electron chi connectivity index (χ1n) is 11.2. The number of halogens is 2. The molecule has 0 radical (unpaired) electrons. The molecule has 190 valence electrons. The summed E-state index contributed by atoms with van der Waals surface area (Å²) < 4.78 is 5.39. The lowest BCUT2D eigenvalue weighted by Crippen LogP contribution is -2.50. The maximum atomic E-state index is 12.5. The average Bonchev–Trinajstić information content (AvgIpc) is 2.84. The molecule has 0 aliphatic rings. The summed E-state index contributed by atoms with van der Waals surface area (Å²) in [5, 5.41) is 15.5. The highest BCUT2D eigenvalue weighted by atomic mass is 35.5. The first kappa shape index (κ1) is 27.2. The van der Waals surface area contributed by atoms with E-state index in [9.17, 15) is 14.4 Å². The number of aromatic nitrogens is 1. The third kappa shape index (κ3) is 7.81. The Bertz CT molecular complexity index is 1240. The van der Waals surface area contributed by atoms with Crippen LogP contribution < -0.4 is 10.7 Å². The van der Waals surface area contributed by atoms with E-state index in [1.807, 2.05) is 24.3 Å². The summed E-state index contributed by atoms with van der Waals surface area (Å²) in [5.74, 6) is -0.977. The molecule has 36 heavy (non-hydrogen) atoms. The molecule has 0 aliphatic heterocycles. The largest absolute Gasteiger partial charge is 0.481 e. The highest BCUT2D eigenvalue weighted by molar-refractivity contribution is 6.42. The molecule has 3 rings (SSSR count). The average molecular weight is 533 g/mol. The Labute approximate surface area is 218 Å². The highest BCUT2D eigenvalue weighted by Gasteiger charge is 2.24. The van der Waals surface area contributed by atoms with Crippen molar-refractivity contribution in [1.29, 1.82) is 0 Å². The second-order valence-corrected chi connectivity index (χ2v) is 8.80. The van der Waals surface area contributed by atoms with Gasteiger partial charge in [0.05, 0.1) is 16.1 Å². The molecular formula is C25H26Cl2N4O5. The number of pyridine rings is 1. The van der Waals surface area contributed by atoms with E-state index in [0.717, 1.165) is 10.8 Å². The third-order valence-corrected chi connectivity index (χ3v) is 6.23.